The zero-order valence-electron chi connectivity index (χ0n) is 11.0. The highest BCUT2D eigenvalue weighted by Gasteiger charge is 2.32. The molecule has 0 bridgehead atoms. The Balaban J connectivity index is 2.61. The lowest BCUT2D eigenvalue weighted by atomic mass is 10.2. The zero-order valence-corrected chi connectivity index (χ0v) is 11.0. The third-order valence-electron chi connectivity index (χ3n) is 2.54. The third kappa shape index (κ3) is 5.38. The van der Waals surface area contributed by atoms with Crippen molar-refractivity contribution in [3.8, 4) is 0 Å². The molecule has 0 radical (unpaired) electrons. The van der Waals surface area contributed by atoms with Crippen molar-refractivity contribution in [2.45, 2.75) is 18.7 Å². The van der Waals surface area contributed by atoms with Crippen LogP contribution in [0.25, 0.3) is 0 Å². The van der Waals surface area contributed by atoms with E-state index < -0.39 is 29.9 Å². The monoisotopic (exact) mass is 306 g/mol. The van der Waals surface area contributed by atoms with Gasteiger partial charge in [-0.1, -0.05) is 0 Å². The van der Waals surface area contributed by atoms with Gasteiger partial charge in [-0.2, -0.15) is 13.2 Å². The van der Waals surface area contributed by atoms with Crippen LogP contribution >= 0.6 is 0 Å². The van der Waals surface area contributed by atoms with E-state index in [-0.39, 0.29) is 18.5 Å². The minimum Gasteiger partial charge on any atom is -0.481 e. The van der Waals surface area contributed by atoms with Gasteiger partial charge in [0.05, 0.1) is 18.1 Å². The van der Waals surface area contributed by atoms with Gasteiger partial charge in [-0.05, 0) is 12.1 Å². The normalized spacial score (nSPS) is 12.8. The first kappa shape index (κ1) is 16.9. The van der Waals surface area contributed by atoms with E-state index in [9.17, 15) is 22.8 Å². The molecule has 1 aromatic rings. The predicted molar refractivity (Wildman–Crippen MR) is 64.6 cm³/mol. The molecule has 0 saturated carbocycles. The maximum atomic E-state index is 12.3. The quantitative estimate of drug-likeness (QED) is 0.827. The van der Waals surface area contributed by atoms with Crippen molar-refractivity contribution < 1.29 is 32.6 Å². The fourth-order valence-corrected chi connectivity index (χ4v) is 1.44. The van der Waals surface area contributed by atoms with Crippen LogP contribution in [0.2, 0.25) is 0 Å². The Hall–Kier alpha value is -2.16. The topological polar surface area (TPSA) is 88.5 Å². The van der Waals surface area contributed by atoms with Gasteiger partial charge in [-0.15, -0.1) is 0 Å². The number of hydrogen-bond donors (Lipinski definition) is 2. The number of amides is 1. The number of rotatable bonds is 6. The van der Waals surface area contributed by atoms with Gasteiger partial charge in [0.15, 0.2) is 0 Å². The second-order valence-corrected chi connectivity index (χ2v) is 4.10. The third-order valence-corrected chi connectivity index (χ3v) is 2.54. The summed E-state index contributed by atoms with van der Waals surface area (Å²) in [5.41, 5.74) is -1.16. The number of carbonyl (C=O) groups is 2. The molecule has 9 heteroatoms. The number of carboxylic acids is 1. The molecule has 116 valence electrons. The fourth-order valence-electron chi connectivity index (χ4n) is 1.44. The fraction of sp³-hybridized carbons (Fsp3) is 0.417. The molecule has 21 heavy (non-hydrogen) atoms. The van der Waals surface area contributed by atoms with Crippen molar-refractivity contribution in [3.63, 3.8) is 0 Å². The maximum Gasteiger partial charge on any atom is 0.433 e. The Morgan fingerprint density at radius 3 is 2.52 bits per heavy atom. The Morgan fingerprint density at radius 1 is 1.43 bits per heavy atom. The molecule has 0 aliphatic rings. The van der Waals surface area contributed by atoms with E-state index in [0.717, 1.165) is 12.3 Å². The van der Waals surface area contributed by atoms with Crippen LogP contribution in [-0.2, 0) is 15.7 Å². The molecule has 0 spiro atoms. The highest BCUT2D eigenvalue weighted by molar-refractivity contribution is 5.93. The zero-order chi connectivity index (χ0) is 16.0. The van der Waals surface area contributed by atoms with Gasteiger partial charge in [-0.3, -0.25) is 14.6 Å². The Labute approximate surface area is 117 Å². The van der Waals surface area contributed by atoms with E-state index in [0.29, 0.717) is 6.07 Å². The number of carbonyl (C=O) groups excluding carboxylic acids is 1. The number of ether oxygens (including phenoxy) is 1. The number of nitrogens with one attached hydrogen (secondary N) is 1. The van der Waals surface area contributed by atoms with Crippen LogP contribution in [0.4, 0.5) is 13.2 Å². The molecule has 0 aliphatic heterocycles. The number of aromatic nitrogens is 1. The van der Waals surface area contributed by atoms with E-state index in [2.05, 4.69) is 10.3 Å². The molecule has 6 nitrogen and oxygen atoms in total. The van der Waals surface area contributed by atoms with Crippen molar-refractivity contribution in [2.75, 3.05) is 13.7 Å². The summed E-state index contributed by atoms with van der Waals surface area (Å²) in [6, 6.07) is 1.68. The number of halogens is 3. The molecule has 0 fully saturated rings. The molecule has 2 N–H and O–H groups in total. The van der Waals surface area contributed by atoms with E-state index in [4.69, 9.17) is 9.84 Å². The molecule has 0 aromatic carbocycles. The van der Waals surface area contributed by atoms with Crippen LogP contribution < -0.4 is 5.32 Å². The number of nitrogens with zero attached hydrogens (tertiary/aromatic N) is 1. The van der Waals surface area contributed by atoms with Gasteiger partial charge in [0, 0.05) is 19.9 Å². The van der Waals surface area contributed by atoms with Crippen molar-refractivity contribution in [3.05, 3.63) is 29.6 Å². The van der Waals surface area contributed by atoms with Gasteiger partial charge < -0.3 is 15.2 Å². The number of pyridine rings is 1. The summed E-state index contributed by atoms with van der Waals surface area (Å²) in [5.74, 6) is -1.75. The lowest BCUT2D eigenvalue weighted by Crippen LogP contribution is -2.34. The number of carboxylic acid groups (broad SMARTS) is 1. The molecule has 1 amide bonds. The van der Waals surface area contributed by atoms with Gasteiger partial charge >= 0.3 is 12.1 Å². The first-order valence-electron chi connectivity index (χ1n) is 5.80. The number of methoxy groups -OCH3 is 1. The summed E-state index contributed by atoms with van der Waals surface area (Å²) in [7, 11) is 1.29. The number of alkyl halides is 3. The van der Waals surface area contributed by atoms with E-state index in [1.807, 2.05) is 0 Å². The summed E-state index contributed by atoms with van der Waals surface area (Å²) in [6.07, 6.45) is -4.80. The van der Waals surface area contributed by atoms with Crippen LogP contribution in [-0.4, -0.2) is 41.7 Å². The van der Waals surface area contributed by atoms with E-state index in [1.54, 1.807) is 0 Å². The van der Waals surface area contributed by atoms with Crippen molar-refractivity contribution in [2.24, 2.45) is 0 Å². The summed E-state index contributed by atoms with van der Waals surface area (Å²) >= 11 is 0. The molecule has 0 saturated heterocycles. The summed E-state index contributed by atoms with van der Waals surface area (Å²) in [6.45, 7) is -0.0807. The van der Waals surface area contributed by atoms with Gasteiger partial charge in [-0.25, -0.2) is 0 Å². The average molecular weight is 306 g/mol. The van der Waals surface area contributed by atoms with Gasteiger partial charge in [0.25, 0.3) is 5.91 Å². The Morgan fingerprint density at radius 2 is 2.10 bits per heavy atom. The molecular weight excluding hydrogens is 293 g/mol. The molecule has 1 atom stereocenters. The van der Waals surface area contributed by atoms with Crippen LogP contribution in [0, 0.1) is 0 Å². The van der Waals surface area contributed by atoms with Crippen LogP contribution in [0.3, 0.4) is 0 Å². The van der Waals surface area contributed by atoms with Crippen molar-refractivity contribution in [1.29, 1.82) is 0 Å². The minimum atomic E-state index is -4.57. The molecule has 1 heterocycles. The largest absolute Gasteiger partial charge is 0.481 e. The minimum absolute atomic E-state index is 0.0619. The summed E-state index contributed by atoms with van der Waals surface area (Å²) in [5, 5.41) is 11.0. The van der Waals surface area contributed by atoms with E-state index >= 15 is 0 Å². The van der Waals surface area contributed by atoms with Gasteiger partial charge in [0.2, 0.25) is 0 Å². The van der Waals surface area contributed by atoms with Crippen LogP contribution in [0.1, 0.15) is 22.5 Å². The predicted octanol–water partition coefficient (Wildman–Crippen LogP) is 1.32. The molecule has 1 unspecified atom stereocenters. The van der Waals surface area contributed by atoms with Crippen molar-refractivity contribution in [1.82, 2.24) is 10.3 Å². The van der Waals surface area contributed by atoms with Gasteiger partial charge in [0.1, 0.15) is 5.69 Å². The Kier molecular flexibility index (Phi) is 5.65. The molecule has 1 aromatic heterocycles. The highest BCUT2D eigenvalue weighted by atomic mass is 19.4. The highest BCUT2D eigenvalue weighted by Crippen LogP contribution is 2.27. The van der Waals surface area contributed by atoms with E-state index in [1.165, 1.54) is 7.11 Å². The standard InChI is InChI=1S/C12H13F3N2O4/c1-21-8(4-10(18)19)6-17-11(20)7-2-3-9(16-5-7)12(13,14)15/h2-3,5,8H,4,6H2,1H3,(H,17,20)(H,18,19). The SMILES string of the molecule is COC(CNC(=O)c1ccc(C(F)(F)F)nc1)CC(=O)O. The first-order chi connectivity index (χ1) is 9.74. The summed E-state index contributed by atoms with van der Waals surface area (Å²) < 4.78 is 41.8. The average Bonchev–Trinajstić information content (AvgIpc) is 2.41. The maximum absolute atomic E-state index is 12.3. The van der Waals surface area contributed by atoms with Crippen molar-refractivity contribution >= 4 is 11.9 Å². The molecule has 1 rings (SSSR count). The second-order valence-electron chi connectivity index (χ2n) is 4.10. The number of hydrogen-bond acceptors (Lipinski definition) is 4. The summed E-state index contributed by atoms with van der Waals surface area (Å²) in [4.78, 5) is 25.3. The molecular formula is C12H13F3N2O4. The lowest BCUT2D eigenvalue weighted by Gasteiger charge is -2.14. The lowest BCUT2D eigenvalue weighted by molar-refractivity contribution is -0.141. The first-order valence-corrected chi connectivity index (χ1v) is 5.80. The smallest absolute Gasteiger partial charge is 0.433 e. The second kappa shape index (κ2) is 7.02. The number of aliphatic carboxylic acids is 1. The molecule has 0 aliphatic carbocycles. The van der Waals surface area contributed by atoms with Crippen LogP contribution in [0.5, 0.6) is 0 Å². The van der Waals surface area contributed by atoms with Crippen LogP contribution in [0.15, 0.2) is 18.3 Å². The Bertz CT molecular complexity index is 502.